The van der Waals surface area contributed by atoms with Crippen molar-refractivity contribution in [2.45, 2.75) is 19.6 Å². The van der Waals surface area contributed by atoms with Gasteiger partial charge in [-0.1, -0.05) is 35.0 Å². The first-order valence-corrected chi connectivity index (χ1v) is 7.56. The van der Waals surface area contributed by atoms with E-state index in [0.29, 0.717) is 17.1 Å². The second kappa shape index (κ2) is 6.24. The Morgan fingerprint density at radius 2 is 2.10 bits per heavy atom. The van der Waals surface area contributed by atoms with Crippen LogP contribution in [-0.4, -0.2) is 11.5 Å². The molecule has 1 aromatic carbocycles. The maximum atomic E-state index is 13.0. The smallest absolute Gasteiger partial charge is 0.312 e. The van der Waals surface area contributed by atoms with Gasteiger partial charge in [-0.3, -0.25) is 0 Å². The second-order valence-electron chi connectivity index (χ2n) is 4.08. The molecule has 2 aromatic rings. The summed E-state index contributed by atoms with van der Waals surface area (Å²) in [4.78, 5) is 4.00. The van der Waals surface area contributed by atoms with Gasteiger partial charge in [-0.05, 0) is 18.7 Å². The van der Waals surface area contributed by atoms with Crippen molar-refractivity contribution >= 4 is 27.3 Å². The second-order valence-corrected chi connectivity index (χ2v) is 6.08. The van der Waals surface area contributed by atoms with Crippen LogP contribution in [0.2, 0.25) is 0 Å². The van der Waals surface area contributed by atoms with E-state index in [0.717, 1.165) is 15.8 Å². The predicted molar refractivity (Wildman–Crippen MR) is 77.6 cm³/mol. The van der Waals surface area contributed by atoms with Gasteiger partial charge in [0.2, 0.25) is 0 Å². The fraction of sp³-hybridized carbons (Fsp3) is 0.308. The summed E-state index contributed by atoms with van der Waals surface area (Å²) < 4.78 is 39.8. The molecule has 0 fully saturated rings. The van der Waals surface area contributed by atoms with Crippen molar-refractivity contribution in [2.24, 2.45) is 0 Å². The summed E-state index contributed by atoms with van der Waals surface area (Å²) >= 11 is 4.38. The van der Waals surface area contributed by atoms with Gasteiger partial charge in [-0.15, -0.1) is 11.3 Å². The molecule has 1 N–H and O–H groups in total. The van der Waals surface area contributed by atoms with E-state index in [9.17, 15) is 13.2 Å². The predicted octanol–water partition coefficient (Wildman–Crippen LogP) is 4.70. The first kappa shape index (κ1) is 15.5. The molecule has 0 unspecified atom stereocenters. The zero-order valence-electron chi connectivity index (χ0n) is 10.6. The van der Waals surface area contributed by atoms with E-state index in [1.807, 2.05) is 13.0 Å². The minimum Gasteiger partial charge on any atom is -0.312 e. The van der Waals surface area contributed by atoms with Gasteiger partial charge in [0.25, 0.3) is 0 Å². The van der Waals surface area contributed by atoms with Crippen LogP contribution in [0.25, 0.3) is 10.6 Å². The van der Waals surface area contributed by atoms with Gasteiger partial charge in [-0.25, -0.2) is 4.98 Å². The molecular formula is C13H12BrF3N2S. The summed E-state index contributed by atoms with van der Waals surface area (Å²) in [7, 11) is 0. The van der Waals surface area contributed by atoms with Crippen LogP contribution in [-0.2, 0) is 12.7 Å². The molecular weight excluding hydrogens is 353 g/mol. The van der Waals surface area contributed by atoms with Gasteiger partial charge < -0.3 is 5.32 Å². The van der Waals surface area contributed by atoms with Crippen LogP contribution in [0.3, 0.4) is 0 Å². The molecule has 2 rings (SSSR count). The van der Waals surface area contributed by atoms with Gasteiger partial charge in [0.05, 0.1) is 4.88 Å². The molecule has 0 saturated heterocycles. The number of hydrogen-bond donors (Lipinski definition) is 1. The van der Waals surface area contributed by atoms with Crippen LogP contribution in [0.4, 0.5) is 13.2 Å². The number of aromatic nitrogens is 1. The third-order valence-corrected chi connectivity index (χ3v) is 4.17. The topological polar surface area (TPSA) is 24.9 Å². The standard InChI is InChI=1S/C13H12BrF3N2S/c1-2-18-7-10-11(13(15,16)17)19-12(20-10)8-4-3-5-9(14)6-8/h3-6,18H,2,7H2,1H3. The average Bonchev–Trinajstić information content (AvgIpc) is 2.80. The lowest BCUT2D eigenvalue weighted by Gasteiger charge is -2.05. The lowest BCUT2D eigenvalue weighted by molar-refractivity contribution is -0.141. The summed E-state index contributed by atoms with van der Waals surface area (Å²) in [5.41, 5.74) is -0.115. The fourth-order valence-corrected chi connectivity index (χ4v) is 3.12. The van der Waals surface area contributed by atoms with Crippen molar-refractivity contribution in [2.75, 3.05) is 6.54 Å². The highest BCUT2D eigenvalue weighted by Gasteiger charge is 2.37. The molecule has 1 heterocycles. The molecule has 0 aliphatic heterocycles. The van der Waals surface area contributed by atoms with Gasteiger partial charge >= 0.3 is 6.18 Å². The van der Waals surface area contributed by atoms with Gasteiger partial charge in [0.15, 0.2) is 5.69 Å². The number of halogens is 4. The summed E-state index contributed by atoms with van der Waals surface area (Å²) in [6.45, 7) is 2.64. The van der Waals surface area contributed by atoms with Crippen molar-refractivity contribution in [1.82, 2.24) is 10.3 Å². The third kappa shape index (κ3) is 3.59. The number of nitrogens with one attached hydrogen (secondary N) is 1. The van der Waals surface area contributed by atoms with Crippen LogP contribution in [0.1, 0.15) is 17.5 Å². The van der Waals surface area contributed by atoms with E-state index < -0.39 is 11.9 Å². The molecule has 0 aliphatic carbocycles. The van der Waals surface area contributed by atoms with Gasteiger partial charge in [-0.2, -0.15) is 13.2 Å². The number of nitrogens with zero attached hydrogens (tertiary/aromatic N) is 1. The van der Waals surface area contributed by atoms with Crippen LogP contribution in [0.15, 0.2) is 28.7 Å². The van der Waals surface area contributed by atoms with Crippen LogP contribution in [0.5, 0.6) is 0 Å². The van der Waals surface area contributed by atoms with Crippen molar-refractivity contribution < 1.29 is 13.2 Å². The molecule has 0 radical (unpaired) electrons. The largest absolute Gasteiger partial charge is 0.434 e. The summed E-state index contributed by atoms with van der Waals surface area (Å²) in [5, 5.41) is 3.30. The minimum atomic E-state index is -4.43. The molecule has 0 aliphatic rings. The average molecular weight is 365 g/mol. The van der Waals surface area contributed by atoms with E-state index >= 15 is 0 Å². The van der Waals surface area contributed by atoms with Crippen molar-refractivity contribution in [3.8, 4) is 10.6 Å². The first-order valence-electron chi connectivity index (χ1n) is 5.95. The van der Waals surface area contributed by atoms with Crippen molar-refractivity contribution in [1.29, 1.82) is 0 Å². The van der Waals surface area contributed by atoms with E-state index in [2.05, 4.69) is 26.2 Å². The van der Waals surface area contributed by atoms with E-state index in [4.69, 9.17) is 0 Å². The third-order valence-electron chi connectivity index (χ3n) is 2.57. The molecule has 1 aromatic heterocycles. The molecule has 108 valence electrons. The van der Waals surface area contributed by atoms with Gasteiger partial charge in [0, 0.05) is 16.6 Å². The minimum absolute atomic E-state index is 0.178. The Kier molecular flexibility index (Phi) is 4.82. The zero-order chi connectivity index (χ0) is 14.8. The Morgan fingerprint density at radius 3 is 2.70 bits per heavy atom. The Labute approximate surface area is 127 Å². The van der Waals surface area contributed by atoms with Crippen LogP contribution in [0, 0.1) is 0 Å². The molecule has 0 atom stereocenters. The molecule has 7 heteroatoms. The van der Waals surface area contributed by atoms with E-state index in [1.54, 1.807) is 18.2 Å². The lowest BCUT2D eigenvalue weighted by atomic mass is 10.2. The Balaban J connectivity index is 2.43. The number of thiazole rings is 1. The van der Waals surface area contributed by atoms with E-state index in [1.165, 1.54) is 0 Å². The number of alkyl halides is 3. The quantitative estimate of drug-likeness (QED) is 0.850. The van der Waals surface area contributed by atoms with Crippen LogP contribution >= 0.6 is 27.3 Å². The Bertz CT molecular complexity index is 596. The fourth-order valence-electron chi connectivity index (χ4n) is 1.68. The normalized spacial score (nSPS) is 11.8. The lowest BCUT2D eigenvalue weighted by Crippen LogP contribution is -2.15. The van der Waals surface area contributed by atoms with Crippen LogP contribution < -0.4 is 5.32 Å². The number of benzene rings is 1. The van der Waals surface area contributed by atoms with Crippen molar-refractivity contribution in [3.05, 3.63) is 39.3 Å². The summed E-state index contributed by atoms with van der Waals surface area (Å²) in [5.74, 6) is 0. The first-order chi connectivity index (χ1) is 9.41. The Morgan fingerprint density at radius 1 is 1.35 bits per heavy atom. The van der Waals surface area contributed by atoms with Crippen molar-refractivity contribution in [3.63, 3.8) is 0 Å². The monoisotopic (exact) mass is 364 g/mol. The number of hydrogen-bond acceptors (Lipinski definition) is 3. The highest BCUT2D eigenvalue weighted by Crippen LogP contribution is 2.38. The molecule has 0 amide bonds. The SMILES string of the molecule is CCNCc1sc(-c2cccc(Br)c2)nc1C(F)(F)F. The molecule has 0 spiro atoms. The molecule has 0 bridgehead atoms. The molecule has 20 heavy (non-hydrogen) atoms. The molecule has 0 saturated carbocycles. The van der Waals surface area contributed by atoms with Gasteiger partial charge in [0.1, 0.15) is 5.01 Å². The Hall–Kier alpha value is -0.920. The maximum absolute atomic E-state index is 13.0. The highest BCUT2D eigenvalue weighted by molar-refractivity contribution is 9.10. The highest BCUT2D eigenvalue weighted by atomic mass is 79.9. The molecule has 2 nitrogen and oxygen atoms in total. The summed E-state index contributed by atoms with van der Waals surface area (Å²) in [6, 6.07) is 7.11. The maximum Gasteiger partial charge on any atom is 0.434 e. The summed E-state index contributed by atoms with van der Waals surface area (Å²) in [6.07, 6.45) is -4.43. The zero-order valence-corrected chi connectivity index (χ0v) is 13.0. The van der Waals surface area contributed by atoms with E-state index in [-0.39, 0.29) is 11.4 Å². The number of rotatable bonds is 4.